The van der Waals surface area contributed by atoms with Crippen LogP contribution in [0.25, 0.3) is 0 Å². The van der Waals surface area contributed by atoms with Gasteiger partial charge in [-0.25, -0.2) is 10.3 Å². The van der Waals surface area contributed by atoms with E-state index >= 15 is 0 Å². The van der Waals surface area contributed by atoms with Crippen LogP contribution in [0.5, 0.6) is 0 Å². The molecule has 0 aliphatic heterocycles. The molecule has 1 N–H and O–H groups in total. The van der Waals surface area contributed by atoms with Gasteiger partial charge in [-0.05, 0) is 19.3 Å². The maximum absolute atomic E-state index is 8.30. The van der Waals surface area contributed by atoms with Gasteiger partial charge in [-0.2, -0.15) is 5.26 Å². The normalized spacial score (nSPS) is 10.8. The molecular formula is C9H17N3O2. The van der Waals surface area contributed by atoms with Crippen molar-refractivity contribution < 1.29 is 9.47 Å². The van der Waals surface area contributed by atoms with Crippen LogP contribution < -0.4 is 5.32 Å². The third-order valence-corrected chi connectivity index (χ3v) is 1.62. The third-order valence-electron chi connectivity index (χ3n) is 1.62. The number of nitrogens with zero attached hydrogens (tertiary/aromatic N) is 2. The summed E-state index contributed by atoms with van der Waals surface area (Å²) in [7, 11) is 3.17. The quantitative estimate of drug-likeness (QED) is 0.227. The molecule has 80 valence electrons. The van der Waals surface area contributed by atoms with E-state index in [2.05, 4.69) is 10.3 Å². The van der Waals surface area contributed by atoms with Crippen molar-refractivity contribution in [2.24, 2.45) is 4.99 Å². The van der Waals surface area contributed by atoms with E-state index in [4.69, 9.17) is 14.7 Å². The molecule has 0 aliphatic rings. The topological polar surface area (TPSA) is 66.6 Å². The molecule has 5 nitrogen and oxygen atoms in total. The standard InChI is InChI=1S/C9H17N3O2/c1-13-7-5-3-4-6-11-9(14-2)12-8-10/h3-7H2,1-2H3,(H,11,12). The molecule has 0 amide bonds. The first-order valence-electron chi connectivity index (χ1n) is 4.57. The van der Waals surface area contributed by atoms with Crippen molar-refractivity contribution in [3.8, 4) is 6.19 Å². The number of ether oxygens (including phenoxy) is 2. The Morgan fingerprint density at radius 3 is 2.71 bits per heavy atom. The SMILES string of the molecule is COCCCCCN=C(NC#N)OC. The van der Waals surface area contributed by atoms with Gasteiger partial charge in [0, 0.05) is 20.3 Å². The number of unbranched alkanes of at least 4 members (excludes halogenated alkanes) is 2. The zero-order valence-corrected chi connectivity index (χ0v) is 8.75. The van der Waals surface area contributed by atoms with Gasteiger partial charge in [0.25, 0.3) is 6.02 Å². The summed E-state index contributed by atoms with van der Waals surface area (Å²) in [5.74, 6) is 0. The average Bonchev–Trinajstić information content (AvgIpc) is 2.21. The lowest BCUT2D eigenvalue weighted by Crippen LogP contribution is -2.19. The Hall–Kier alpha value is -1.28. The van der Waals surface area contributed by atoms with E-state index in [0.29, 0.717) is 6.54 Å². The predicted octanol–water partition coefficient (Wildman–Crippen LogP) is 0.876. The highest BCUT2D eigenvalue weighted by atomic mass is 16.5. The van der Waals surface area contributed by atoms with E-state index in [-0.39, 0.29) is 6.02 Å². The van der Waals surface area contributed by atoms with Crippen molar-refractivity contribution in [3.63, 3.8) is 0 Å². The highest BCUT2D eigenvalue weighted by Crippen LogP contribution is 1.95. The molecular weight excluding hydrogens is 182 g/mol. The summed E-state index contributed by atoms with van der Waals surface area (Å²) in [6.45, 7) is 1.46. The van der Waals surface area contributed by atoms with Crippen molar-refractivity contribution >= 4 is 6.02 Å². The first-order valence-corrected chi connectivity index (χ1v) is 4.57. The minimum Gasteiger partial charge on any atom is -0.468 e. The van der Waals surface area contributed by atoms with Gasteiger partial charge in [-0.1, -0.05) is 0 Å². The van der Waals surface area contributed by atoms with Crippen LogP contribution in [0, 0.1) is 11.5 Å². The summed E-state index contributed by atoms with van der Waals surface area (Å²) in [6, 6.07) is 0.277. The van der Waals surface area contributed by atoms with E-state index in [1.807, 2.05) is 0 Å². The number of hydrogen-bond acceptors (Lipinski definition) is 4. The number of nitriles is 1. The molecule has 0 atom stereocenters. The fourth-order valence-electron chi connectivity index (χ4n) is 0.919. The number of hydrogen-bond donors (Lipinski definition) is 1. The van der Waals surface area contributed by atoms with Crippen molar-refractivity contribution in [1.29, 1.82) is 5.26 Å². The molecule has 5 heteroatoms. The largest absolute Gasteiger partial charge is 0.468 e. The van der Waals surface area contributed by atoms with Crippen LogP contribution in [0.15, 0.2) is 4.99 Å². The second-order valence-corrected chi connectivity index (χ2v) is 2.68. The molecule has 0 aliphatic carbocycles. The van der Waals surface area contributed by atoms with Gasteiger partial charge < -0.3 is 9.47 Å². The van der Waals surface area contributed by atoms with Gasteiger partial charge in [0.1, 0.15) is 0 Å². The van der Waals surface area contributed by atoms with E-state index in [9.17, 15) is 0 Å². The zero-order chi connectivity index (χ0) is 10.6. The molecule has 0 bridgehead atoms. The summed E-state index contributed by atoms with van der Waals surface area (Å²) in [4.78, 5) is 4.05. The molecule has 0 radical (unpaired) electrons. The second kappa shape index (κ2) is 9.81. The first kappa shape index (κ1) is 12.7. The first-order chi connectivity index (χ1) is 6.85. The molecule has 0 aromatic rings. The Bertz CT molecular complexity index is 199. The molecule has 0 unspecified atom stereocenters. The lowest BCUT2D eigenvalue weighted by molar-refractivity contribution is 0.192. The molecule has 0 aromatic heterocycles. The van der Waals surface area contributed by atoms with Crippen LogP contribution in [0.4, 0.5) is 0 Å². The van der Waals surface area contributed by atoms with Crippen LogP contribution >= 0.6 is 0 Å². The zero-order valence-electron chi connectivity index (χ0n) is 8.75. The van der Waals surface area contributed by atoms with Crippen molar-refractivity contribution in [2.45, 2.75) is 19.3 Å². The molecule has 0 saturated carbocycles. The fraction of sp³-hybridized carbons (Fsp3) is 0.778. The number of rotatable bonds is 6. The summed E-state index contributed by atoms with van der Waals surface area (Å²) in [5.41, 5.74) is 0. The third kappa shape index (κ3) is 7.37. The number of methoxy groups -OCH3 is 2. The lowest BCUT2D eigenvalue weighted by Gasteiger charge is -2.01. The van der Waals surface area contributed by atoms with Gasteiger partial charge in [0.05, 0.1) is 7.11 Å². The number of aliphatic imine (C=N–C) groups is 1. The molecule has 0 heterocycles. The van der Waals surface area contributed by atoms with Crippen molar-refractivity contribution in [3.05, 3.63) is 0 Å². The van der Waals surface area contributed by atoms with Gasteiger partial charge in [0.15, 0.2) is 6.19 Å². The minimum absolute atomic E-state index is 0.277. The maximum Gasteiger partial charge on any atom is 0.297 e. The van der Waals surface area contributed by atoms with Crippen LogP contribution in [-0.4, -0.2) is 33.4 Å². The minimum atomic E-state index is 0.277. The fourth-order valence-corrected chi connectivity index (χ4v) is 0.919. The van der Waals surface area contributed by atoms with Crippen LogP contribution in [-0.2, 0) is 9.47 Å². The van der Waals surface area contributed by atoms with Crippen LogP contribution in [0.2, 0.25) is 0 Å². The molecule has 0 fully saturated rings. The van der Waals surface area contributed by atoms with E-state index in [1.54, 1.807) is 13.3 Å². The molecule has 0 rings (SSSR count). The van der Waals surface area contributed by atoms with E-state index in [0.717, 1.165) is 25.9 Å². The van der Waals surface area contributed by atoms with Gasteiger partial charge in [-0.15, -0.1) is 0 Å². The Morgan fingerprint density at radius 2 is 2.14 bits per heavy atom. The summed E-state index contributed by atoms with van der Waals surface area (Å²) < 4.78 is 9.72. The predicted molar refractivity (Wildman–Crippen MR) is 53.8 cm³/mol. The summed E-state index contributed by atoms with van der Waals surface area (Å²) >= 11 is 0. The second-order valence-electron chi connectivity index (χ2n) is 2.68. The van der Waals surface area contributed by atoms with E-state index in [1.165, 1.54) is 7.11 Å². The van der Waals surface area contributed by atoms with Gasteiger partial charge >= 0.3 is 0 Å². The number of nitrogens with one attached hydrogen (secondary N) is 1. The Balaban J connectivity index is 3.44. The van der Waals surface area contributed by atoms with E-state index < -0.39 is 0 Å². The summed E-state index contributed by atoms with van der Waals surface area (Å²) in [6.07, 6.45) is 4.84. The Morgan fingerprint density at radius 1 is 1.36 bits per heavy atom. The van der Waals surface area contributed by atoms with Gasteiger partial charge in [0.2, 0.25) is 0 Å². The molecule has 0 saturated heterocycles. The van der Waals surface area contributed by atoms with Crippen LogP contribution in [0.3, 0.4) is 0 Å². The molecule has 0 spiro atoms. The summed E-state index contributed by atoms with van der Waals surface area (Å²) in [5, 5.41) is 10.6. The smallest absolute Gasteiger partial charge is 0.297 e. The highest BCUT2D eigenvalue weighted by Gasteiger charge is 1.94. The monoisotopic (exact) mass is 199 g/mol. The average molecular weight is 199 g/mol. The highest BCUT2D eigenvalue weighted by molar-refractivity contribution is 5.74. The number of amidine groups is 1. The van der Waals surface area contributed by atoms with Gasteiger partial charge in [-0.3, -0.25) is 0 Å². The van der Waals surface area contributed by atoms with Crippen molar-refractivity contribution in [1.82, 2.24) is 5.32 Å². The molecule has 14 heavy (non-hydrogen) atoms. The maximum atomic E-state index is 8.30. The van der Waals surface area contributed by atoms with Crippen LogP contribution in [0.1, 0.15) is 19.3 Å². The Labute approximate surface area is 84.7 Å². The molecule has 0 aromatic carbocycles. The lowest BCUT2D eigenvalue weighted by atomic mass is 10.2. The van der Waals surface area contributed by atoms with Crippen molar-refractivity contribution in [2.75, 3.05) is 27.4 Å². The Kier molecular flexibility index (Phi) is 8.91.